The molecule has 170 valence electrons. The van der Waals surface area contributed by atoms with Crippen LogP contribution >= 0.6 is 0 Å². The molecule has 0 fully saturated rings. The molecule has 0 bridgehead atoms. The number of carbonyl (C=O) groups is 1. The third-order valence-electron chi connectivity index (χ3n) is 4.92. The maximum Gasteiger partial charge on any atom is 0.277 e. The molecule has 0 aliphatic heterocycles. The van der Waals surface area contributed by atoms with Gasteiger partial charge in [-0.25, -0.2) is 13.1 Å². The third kappa shape index (κ3) is 4.72. The smallest absolute Gasteiger partial charge is 0.277 e. The summed E-state index contributed by atoms with van der Waals surface area (Å²) in [6, 6.07) is 14.3. The second kappa shape index (κ2) is 8.79. The average molecular weight is 468 g/mol. The summed E-state index contributed by atoms with van der Waals surface area (Å²) in [7, 11) is -2.31. The van der Waals surface area contributed by atoms with Crippen LogP contribution in [-0.4, -0.2) is 31.7 Å². The van der Waals surface area contributed by atoms with Crippen molar-refractivity contribution in [2.75, 3.05) is 17.1 Å². The monoisotopic (exact) mass is 468 g/mol. The van der Waals surface area contributed by atoms with Crippen LogP contribution in [0.25, 0.3) is 11.3 Å². The van der Waals surface area contributed by atoms with E-state index in [9.17, 15) is 13.2 Å². The van der Waals surface area contributed by atoms with Gasteiger partial charge < -0.3 is 19.1 Å². The first-order valence-corrected chi connectivity index (χ1v) is 11.2. The van der Waals surface area contributed by atoms with E-state index in [0.717, 1.165) is 5.56 Å². The highest BCUT2D eigenvalue weighted by molar-refractivity contribution is 7.92. The summed E-state index contributed by atoms with van der Waals surface area (Å²) in [5, 5.41) is 10.2. The van der Waals surface area contributed by atoms with E-state index in [1.807, 2.05) is 0 Å². The van der Waals surface area contributed by atoms with E-state index in [1.54, 1.807) is 45.2 Å². The number of carbonyl (C=O) groups excluding carboxylic acids is 1. The van der Waals surface area contributed by atoms with E-state index >= 15 is 0 Å². The van der Waals surface area contributed by atoms with E-state index in [0.29, 0.717) is 28.5 Å². The molecule has 4 aromatic rings. The topological polar surface area (TPSA) is 137 Å². The Bertz CT molecular complexity index is 1390. The predicted octanol–water partition coefficient (Wildman–Crippen LogP) is 4.01. The van der Waals surface area contributed by atoms with Crippen molar-refractivity contribution in [3.05, 3.63) is 71.5 Å². The maximum atomic E-state index is 12.6. The fourth-order valence-electron chi connectivity index (χ4n) is 2.88. The molecule has 0 saturated heterocycles. The van der Waals surface area contributed by atoms with Crippen molar-refractivity contribution in [2.24, 2.45) is 0 Å². The SMILES string of the molecule is COc1ccc(-c2cc(C(=O)Nc3ccc(S(=O)(=O)Nc4onc(C)c4C)cc3)no2)cc1. The van der Waals surface area contributed by atoms with Crippen molar-refractivity contribution in [1.29, 1.82) is 0 Å². The Kier molecular flexibility index (Phi) is 5.88. The Morgan fingerprint density at radius 3 is 2.27 bits per heavy atom. The maximum absolute atomic E-state index is 12.6. The first-order valence-electron chi connectivity index (χ1n) is 9.75. The molecule has 1 amide bonds. The number of aromatic nitrogens is 2. The Labute approximate surface area is 189 Å². The van der Waals surface area contributed by atoms with E-state index in [1.165, 1.54) is 30.3 Å². The van der Waals surface area contributed by atoms with Crippen molar-refractivity contribution in [2.45, 2.75) is 18.7 Å². The molecule has 0 aliphatic carbocycles. The van der Waals surface area contributed by atoms with Crippen molar-refractivity contribution in [3.8, 4) is 17.1 Å². The predicted molar refractivity (Wildman–Crippen MR) is 120 cm³/mol. The highest BCUT2D eigenvalue weighted by atomic mass is 32.2. The Morgan fingerprint density at radius 2 is 1.67 bits per heavy atom. The van der Waals surface area contributed by atoms with Crippen LogP contribution in [0.4, 0.5) is 11.6 Å². The minimum Gasteiger partial charge on any atom is -0.497 e. The van der Waals surface area contributed by atoms with Crippen LogP contribution in [0.2, 0.25) is 0 Å². The summed E-state index contributed by atoms with van der Waals surface area (Å²) < 4.78 is 42.9. The van der Waals surface area contributed by atoms with E-state index in [-0.39, 0.29) is 16.5 Å². The van der Waals surface area contributed by atoms with E-state index < -0.39 is 15.9 Å². The third-order valence-corrected chi connectivity index (χ3v) is 6.27. The van der Waals surface area contributed by atoms with Gasteiger partial charge in [0.25, 0.3) is 15.9 Å². The number of amides is 1. The molecule has 0 radical (unpaired) electrons. The van der Waals surface area contributed by atoms with Crippen molar-refractivity contribution in [3.63, 3.8) is 0 Å². The molecule has 33 heavy (non-hydrogen) atoms. The van der Waals surface area contributed by atoms with Gasteiger partial charge in [-0.15, -0.1) is 0 Å². The normalized spacial score (nSPS) is 11.2. The zero-order valence-corrected chi connectivity index (χ0v) is 18.8. The van der Waals surface area contributed by atoms with Crippen LogP contribution in [0.5, 0.6) is 5.75 Å². The van der Waals surface area contributed by atoms with Crippen LogP contribution in [-0.2, 0) is 10.0 Å². The molecule has 2 N–H and O–H groups in total. The summed E-state index contributed by atoms with van der Waals surface area (Å²) in [6.07, 6.45) is 0. The Balaban J connectivity index is 1.44. The molecule has 11 heteroatoms. The van der Waals surface area contributed by atoms with Gasteiger partial charge in [0.15, 0.2) is 11.5 Å². The summed E-state index contributed by atoms with van der Waals surface area (Å²) in [5.41, 5.74) is 2.40. The van der Waals surface area contributed by atoms with Crippen molar-refractivity contribution >= 4 is 27.5 Å². The molecule has 0 atom stereocenters. The lowest BCUT2D eigenvalue weighted by Crippen LogP contribution is -2.14. The molecule has 0 spiro atoms. The lowest BCUT2D eigenvalue weighted by Gasteiger charge is -2.07. The standard InChI is InChI=1S/C22H20N4O6S/c1-13-14(2)24-32-22(13)26-33(28,29)18-10-6-16(7-11-18)23-21(27)19-12-20(31-25-19)15-4-8-17(30-3)9-5-15/h4-12,26H,1-3H3,(H,23,27). The quantitative estimate of drug-likeness (QED) is 0.415. The van der Waals surface area contributed by atoms with Crippen molar-refractivity contribution < 1.29 is 27.0 Å². The summed E-state index contributed by atoms with van der Waals surface area (Å²) >= 11 is 0. The fourth-order valence-corrected chi connectivity index (χ4v) is 3.92. The number of aryl methyl sites for hydroxylation is 1. The lowest BCUT2D eigenvalue weighted by molar-refractivity contribution is 0.101. The number of nitrogens with zero attached hydrogens (tertiary/aromatic N) is 2. The molecule has 0 saturated carbocycles. The number of methoxy groups -OCH3 is 1. The minimum atomic E-state index is -3.89. The number of ether oxygens (including phenoxy) is 1. The summed E-state index contributed by atoms with van der Waals surface area (Å²) in [4.78, 5) is 12.5. The molecule has 0 unspecified atom stereocenters. The molecular formula is C22H20N4O6S. The second-order valence-corrected chi connectivity index (χ2v) is 8.79. The van der Waals surface area contributed by atoms with Crippen LogP contribution in [0.3, 0.4) is 0 Å². The zero-order chi connectivity index (χ0) is 23.6. The molecule has 0 aliphatic rings. The lowest BCUT2D eigenvalue weighted by atomic mass is 10.1. The van der Waals surface area contributed by atoms with Gasteiger partial charge in [0.05, 0.1) is 17.7 Å². The second-order valence-electron chi connectivity index (χ2n) is 7.11. The highest BCUT2D eigenvalue weighted by Gasteiger charge is 2.20. The minimum absolute atomic E-state index is 0.00261. The Morgan fingerprint density at radius 1 is 0.970 bits per heavy atom. The van der Waals surface area contributed by atoms with Crippen LogP contribution in [0.15, 0.2) is 68.5 Å². The van der Waals surface area contributed by atoms with Gasteiger partial charge in [0.1, 0.15) is 5.75 Å². The number of hydrogen-bond acceptors (Lipinski definition) is 8. The van der Waals surface area contributed by atoms with Crippen LogP contribution < -0.4 is 14.8 Å². The van der Waals surface area contributed by atoms with Crippen LogP contribution in [0, 0.1) is 13.8 Å². The number of hydrogen-bond donors (Lipinski definition) is 2. The zero-order valence-electron chi connectivity index (χ0n) is 17.9. The molecule has 2 aromatic heterocycles. The largest absolute Gasteiger partial charge is 0.497 e. The van der Waals surface area contributed by atoms with Gasteiger partial charge in [-0.1, -0.05) is 10.3 Å². The summed E-state index contributed by atoms with van der Waals surface area (Å²) in [6.45, 7) is 3.41. The fraction of sp³-hybridized carbons (Fsp3) is 0.136. The van der Waals surface area contributed by atoms with E-state index in [4.69, 9.17) is 13.8 Å². The average Bonchev–Trinajstić information content (AvgIpc) is 3.42. The van der Waals surface area contributed by atoms with Crippen molar-refractivity contribution in [1.82, 2.24) is 10.3 Å². The van der Waals surface area contributed by atoms with E-state index in [2.05, 4.69) is 20.4 Å². The van der Waals surface area contributed by atoms with Gasteiger partial charge in [-0.05, 0) is 62.4 Å². The van der Waals surface area contributed by atoms with Gasteiger partial charge in [0, 0.05) is 22.9 Å². The van der Waals surface area contributed by atoms with Gasteiger partial charge in [-0.2, -0.15) is 0 Å². The first-order chi connectivity index (χ1) is 15.8. The van der Waals surface area contributed by atoms with Crippen LogP contribution in [0.1, 0.15) is 21.7 Å². The molecule has 2 heterocycles. The number of benzene rings is 2. The highest BCUT2D eigenvalue weighted by Crippen LogP contribution is 2.25. The first kappa shape index (κ1) is 22.1. The Hall–Kier alpha value is -4.12. The number of sulfonamides is 1. The molecule has 2 aromatic carbocycles. The van der Waals surface area contributed by atoms with Gasteiger partial charge >= 0.3 is 0 Å². The summed E-state index contributed by atoms with van der Waals surface area (Å²) in [5.74, 6) is 0.680. The molecule has 10 nitrogen and oxygen atoms in total. The molecular weight excluding hydrogens is 448 g/mol. The van der Waals surface area contributed by atoms with Gasteiger partial charge in [-0.3, -0.25) is 4.79 Å². The number of rotatable bonds is 7. The van der Waals surface area contributed by atoms with Gasteiger partial charge in [0.2, 0.25) is 5.88 Å². The molecule has 4 rings (SSSR count). The number of anilines is 2. The number of nitrogens with one attached hydrogen (secondary N) is 2.